The number of hydrogen-bond acceptors (Lipinski definition) is 6. The summed E-state index contributed by atoms with van der Waals surface area (Å²) >= 11 is 0. The molecule has 0 aromatic heterocycles. The third kappa shape index (κ3) is 65.9. The molecule has 0 bridgehead atoms. The summed E-state index contributed by atoms with van der Waals surface area (Å²) < 4.78 is 17.0. The van der Waals surface area contributed by atoms with Crippen LogP contribution in [-0.4, -0.2) is 37.2 Å². The zero-order valence-corrected chi connectivity index (χ0v) is 53.6. The van der Waals surface area contributed by atoms with Crippen molar-refractivity contribution in [3.63, 3.8) is 0 Å². The summed E-state index contributed by atoms with van der Waals surface area (Å²) in [5.41, 5.74) is 0. The minimum Gasteiger partial charge on any atom is -0.462 e. The van der Waals surface area contributed by atoms with Gasteiger partial charge in [0.15, 0.2) is 6.10 Å². The van der Waals surface area contributed by atoms with Gasteiger partial charge >= 0.3 is 17.9 Å². The van der Waals surface area contributed by atoms with E-state index in [0.717, 1.165) is 89.9 Å². The van der Waals surface area contributed by atoms with Gasteiger partial charge in [0.25, 0.3) is 0 Å². The number of carbonyl (C=O) groups excluding carboxylic acids is 3. The number of carbonyl (C=O) groups is 3. The molecule has 0 spiro atoms. The summed E-state index contributed by atoms with van der Waals surface area (Å²) in [6.07, 6.45) is 88.3. The molecular formula is C74H134O6. The topological polar surface area (TPSA) is 78.9 Å². The van der Waals surface area contributed by atoms with Crippen LogP contribution in [-0.2, 0) is 28.6 Å². The van der Waals surface area contributed by atoms with E-state index in [1.54, 1.807) is 0 Å². The SMILES string of the molecule is CC/C=C\C/C=C\C/C=C\C/C=C\C/C=C\CCCCCCCCCCCCCCCCCC(=O)OCC(COC(=O)CCCCCCCCCCCCC)OC(=O)CCCCCCCCCCCCCCCCCCCCCC. The van der Waals surface area contributed by atoms with Gasteiger partial charge in [-0.2, -0.15) is 0 Å². The van der Waals surface area contributed by atoms with Gasteiger partial charge in [0.1, 0.15) is 13.2 Å². The van der Waals surface area contributed by atoms with Crippen LogP contribution in [0.3, 0.4) is 0 Å². The second-order valence-electron chi connectivity index (χ2n) is 23.8. The third-order valence-electron chi connectivity index (χ3n) is 15.8. The van der Waals surface area contributed by atoms with E-state index in [0.29, 0.717) is 19.3 Å². The minimum absolute atomic E-state index is 0.0669. The van der Waals surface area contributed by atoms with E-state index in [1.165, 1.54) is 244 Å². The maximum atomic E-state index is 12.9. The van der Waals surface area contributed by atoms with Crippen molar-refractivity contribution in [1.29, 1.82) is 0 Å². The monoisotopic (exact) mass is 1120 g/mol. The highest BCUT2D eigenvalue weighted by Gasteiger charge is 2.19. The zero-order valence-electron chi connectivity index (χ0n) is 53.6. The Morgan fingerprint density at radius 2 is 0.487 bits per heavy atom. The Bertz CT molecular complexity index is 1430. The molecule has 0 aliphatic heterocycles. The zero-order chi connectivity index (χ0) is 57.8. The lowest BCUT2D eigenvalue weighted by molar-refractivity contribution is -0.167. The normalized spacial score (nSPS) is 12.4. The summed E-state index contributed by atoms with van der Waals surface area (Å²) in [5, 5.41) is 0. The van der Waals surface area contributed by atoms with Crippen molar-refractivity contribution >= 4 is 17.9 Å². The first-order valence-corrected chi connectivity index (χ1v) is 35.3. The van der Waals surface area contributed by atoms with Gasteiger partial charge in [-0.1, -0.05) is 351 Å². The van der Waals surface area contributed by atoms with E-state index in [1.807, 2.05) is 0 Å². The van der Waals surface area contributed by atoms with Gasteiger partial charge in [0.2, 0.25) is 0 Å². The van der Waals surface area contributed by atoms with E-state index >= 15 is 0 Å². The van der Waals surface area contributed by atoms with E-state index < -0.39 is 6.10 Å². The standard InChI is InChI=1S/C74H134O6/c1-4-7-10-13-16-19-22-24-26-28-30-32-33-34-35-36-37-38-39-40-41-42-44-45-47-49-52-55-58-61-64-67-73(76)79-70-71(69-78-72(75)66-63-60-57-54-51-21-18-15-12-9-6-3)80-74(77)68-65-62-59-56-53-50-48-46-43-31-29-27-25-23-20-17-14-11-8-5-2/h7,10,16,19,24,26,30,32,34-35,71H,4-6,8-9,11-15,17-18,20-23,25,27-29,31,33,36-70H2,1-3H3/b10-7-,19-16-,26-24-,32-30-,35-34-. The van der Waals surface area contributed by atoms with Crippen molar-refractivity contribution < 1.29 is 28.6 Å². The van der Waals surface area contributed by atoms with Crippen molar-refractivity contribution in [3.8, 4) is 0 Å². The fourth-order valence-corrected chi connectivity index (χ4v) is 10.5. The third-order valence-corrected chi connectivity index (χ3v) is 15.8. The summed E-state index contributed by atoms with van der Waals surface area (Å²) in [6, 6.07) is 0. The Morgan fingerprint density at radius 1 is 0.263 bits per heavy atom. The molecule has 0 saturated heterocycles. The van der Waals surface area contributed by atoms with E-state index in [-0.39, 0.29) is 31.1 Å². The molecule has 0 heterocycles. The largest absolute Gasteiger partial charge is 0.462 e. The molecule has 6 nitrogen and oxygen atoms in total. The Hall–Kier alpha value is -2.89. The van der Waals surface area contributed by atoms with E-state index in [9.17, 15) is 14.4 Å². The highest BCUT2D eigenvalue weighted by Crippen LogP contribution is 2.18. The molecule has 0 aromatic rings. The van der Waals surface area contributed by atoms with Crippen molar-refractivity contribution in [2.24, 2.45) is 0 Å². The average molecular weight is 1120 g/mol. The lowest BCUT2D eigenvalue weighted by Gasteiger charge is -2.18. The van der Waals surface area contributed by atoms with Crippen LogP contribution in [0, 0.1) is 0 Å². The van der Waals surface area contributed by atoms with Gasteiger partial charge < -0.3 is 14.2 Å². The molecule has 6 heteroatoms. The molecule has 0 radical (unpaired) electrons. The number of unbranched alkanes of at least 4 members (excludes halogenated alkanes) is 44. The molecule has 0 aliphatic carbocycles. The Kier molecular flexibility index (Phi) is 66.1. The van der Waals surface area contributed by atoms with Crippen molar-refractivity contribution in [2.75, 3.05) is 13.2 Å². The molecule has 0 aromatic carbocycles. The molecule has 1 atom stereocenters. The maximum Gasteiger partial charge on any atom is 0.306 e. The number of hydrogen-bond donors (Lipinski definition) is 0. The van der Waals surface area contributed by atoms with Gasteiger partial charge in [-0.3, -0.25) is 14.4 Å². The molecule has 1 unspecified atom stereocenters. The van der Waals surface area contributed by atoms with Crippen LogP contribution in [0.25, 0.3) is 0 Å². The predicted octanol–water partition coefficient (Wildman–Crippen LogP) is 24.3. The first-order chi connectivity index (χ1) is 39.5. The number of ether oxygens (including phenoxy) is 3. The number of rotatable bonds is 65. The summed E-state index contributed by atoms with van der Waals surface area (Å²) in [4.78, 5) is 38.4. The first-order valence-electron chi connectivity index (χ1n) is 35.3. The maximum absolute atomic E-state index is 12.9. The van der Waals surface area contributed by atoms with Gasteiger partial charge in [-0.25, -0.2) is 0 Å². The molecule has 0 amide bonds. The average Bonchev–Trinajstić information content (AvgIpc) is 3.46. The van der Waals surface area contributed by atoms with Crippen LogP contribution in [0.15, 0.2) is 60.8 Å². The molecule has 0 fully saturated rings. The molecule has 0 aliphatic rings. The Morgan fingerprint density at radius 3 is 0.762 bits per heavy atom. The summed E-state index contributed by atoms with van der Waals surface area (Å²) in [7, 11) is 0. The number of allylic oxidation sites excluding steroid dienone is 10. The van der Waals surface area contributed by atoms with Gasteiger partial charge in [0, 0.05) is 19.3 Å². The van der Waals surface area contributed by atoms with Crippen LogP contribution in [0.4, 0.5) is 0 Å². The second kappa shape index (κ2) is 68.6. The molecule has 0 rings (SSSR count). The molecule has 80 heavy (non-hydrogen) atoms. The van der Waals surface area contributed by atoms with Crippen molar-refractivity contribution in [2.45, 2.75) is 380 Å². The fraction of sp³-hybridized carbons (Fsp3) is 0.824. The van der Waals surface area contributed by atoms with Crippen LogP contribution in [0.1, 0.15) is 374 Å². The van der Waals surface area contributed by atoms with Gasteiger partial charge in [0.05, 0.1) is 0 Å². The summed E-state index contributed by atoms with van der Waals surface area (Å²) in [5.74, 6) is -0.841. The molecule has 0 saturated carbocycles. The first kappa shape index (κ1) is 77.1. The van der Waals surface area contributed by atoms with Crippen LogP contribution >= 0.6 is 0 Å². The van der Waals surface area contributed by atoms with Crippen molar-refractivity contribution in [3.05, 3.63) is 60.8 Å². The van der Waals surface area contributed by atoms with Crippen molar-refractivity contribution in [1.82, 2.24) is 0 Å². The number of esters is 3. The smallest absolute Gasteiger partial charge is 0.306 e. The fourth-order valence-electron chi connectivity index (χ4n) is 10.5. The van der Waals surface area contributed by atoms with Crippen LogP contribution in [0.2, 0.25) is 0 Å². The second-order valence-corrected chi connectivity index (χ2v) is 23.8. The molecule has 0 N–H and O–H groups in total. The van der Waals surface area contributed by atoms with Crippen LogP contribution in [0.5, 0.6) is 0 Å². The lowest BCUT2D eigenvalue weighted by Crippen LogP contribution is -2.30. The predicted molar refractivity (Wildman–Crippen MR) is 348 cm³/mol. The van der Waals surface area contributed by atoms with Gasteiger partial charge in [-0.15, -0.1) is 0 Å². The Balaban J connectivity index is 4.15. The lowest BCUT2D eigenvalue weighted by atomic mass is 10.0. The molecular weight excluding hydrogens is 985 g/mol. The summed E-state index contributed by atoms with van der Waals surface area (Å²) in [6.45, 7) is 6.58. The van der Waals surface area contributed by atoms with Crippen LogP contribution < -0.4 is 0 Å². The van der Waals surface area contributed by atoms with E-state index in [2.05, 4.69) is 81.5 Å². The molecule has 466 valence electrons. The van der Waals surface area contributed by atoms with Gasteiger partial charge in [-0.05, 0) is 64.2 Å². The Labute approximate surface area is 498 Å². The quantitative estimate of drug-likeness (QED) is 0.0261. The minimum atomic E-state index is -0.769. The highest BCUT2D eigenvalue weighted by molar-refractivity contribution is 5.71. The highest BCUT2D eigenvalue weighted by atomic mass is 16.6. The van der Waals surface area contributed by atoms with E-state index in [4.69, 9.17) is 14.2 Å².